The van der Waals surface area contributed by atoms with E-state index < -0.39 is 0 Å². The van der Waals surface area contributed by atoms with E-state index in [4.69, 9.17) is 4.42 Å². The number of furan rings is 1. The molecule has 0 atom stereocenters. The first-order valence-corrected chi connectivity index (χ1v) is 5.32. The maximum atomic E-state index is 10.0. The number of halogens is 1. The Kier molecular flexibility index (Phi) is 3.09. The molecule has 0 spiro atoms. The van der Waals surface area contributed by atoms with Gasteiger partial charge < -0.3 is 9.15 Å². The van der Waals surface area contributed by atoms with E-state index in [2.05, 4.69) is 25.8 Å². The van der Waals surface area contributed by atoms with Gasteiger partial charge in [-0.3, -0.25) is 9.48 Å². The van der Waals surface area contributed by atoms with Gasteiger partial charge in [0.25, 0.3) is 6.47 Å². The number of rotatable bonds is 4. The van der Waals surface area contributed by atoms with Crippen molar-refractivity contribution < 1.29 is 13.9 Å². The van der Waals surface area contributed by atoms with Crippen molar-refractivity contribution in [1.82, 2.24) is 9.78 Å². The summed E-state index contributed by atoms with van der Waals surface area (Å²) in [6.45, 7) is 0.529. The first kappa shape index (κ1) is 10.9. The Balaban J connectivity index is 2.28. The van der Waals surface area contributed by atoms with Gasteiger partial charge in [0, 0.05) is 12.6 Å². The van der Waals surface area contributed by atoms with Crippen LogP contribution in [0.2, 0.25) is 0 Å². The molecule has 2 heterocycles. The van der Waals surface area contributed by atoms with Crippen molar-refractivity contribution in [1.29, 1.82) is 0 Å². The number of nitrogens with zero attached hydrogens (tertiary/aromatic N) is 2. The molecule has 6 heteroatoms. The minimum atomic E-state index is 0.138. The predicted octanol–water partition coefficient (Wildman–Crippen LogP) is 2.12. The van der Waals surface area contributed by atoms with Gasteiger partial charge in [0.05, 0.1) is 16.4 Å². The molecule has 0 bridgehead atoms. The van der Waals surface area contributed by atoms with Crippen LogP contribution < -0.4 is 0 Å². The molecular weight excluding hydrogens is 276 g/mol. The first-order valence-electron chi connectivity index (χ1n) is 4.53. The van der Waals surface area contributed by atoms with Gasteiger partial charge in [-0.15, -0.1) is 0 Å². The first-order chi connectivity index (χ1) is 7.72. The second-order valence-electron chi connectivity index (χ2n) is 3.17. The van der Waals surface area contributed by atoms with Crippen LogP contribution in [0.15, 0.2) is 27.4 Å². The van der Waals surface area contributed by atoms with E-state index in [-0.39, 0.29) is 6.61 Å². The number of ether oxygens (including phenoxy) is 1. The Hall–Kier alpha value is -1.56. The summed E-state index contributed by atoms with van der Waals surface area (Å²) >= 11 is 3.40. The Morgan fingerprint density at radius 3 is 3.12 bits per heavy atom. The number of hydrogen-bond acceptors (Lipinski definition) is 4. The van der Waals surface area contributed by atoms with E-state index >= 15 is 0 Å². The molecule has 0 aromatic carbocycles. The van der Waals surface area contributed by atoms with Crippen molar-refractivity contribution in [2.75, 3.05) is 0 Å². The van der Waals surface area contributed by atoms with Gasteiger partial charge >= 0.3 is 0 Å². The molecular formula is C10H9BrN2O3. The second-order valence-corrected chi connectivity index (χ2v) is 4.03. The number of aromatic nitrogens is 2. The summed E-state index contributed by atoms with van der Waals surface area (Å²) in [7, 11) is 1.84. The van der Waals surface area contributed by atoms with Gasteiger partial charge in [-0.1, -0.05) is 0 Å². The van der Waals surface area contributed by atoms with Crippen LogP contribution in [-0.2, 0) is 23.2 Å². The van der Waals surface area contributed by atoms with Crippen molar-refractivity contribution in [3.05, 3.63) is 28.8 Å². The van der Waals surface area contributed by atoms with Crippen LogP contribution in [0.3, 0.4) is 0 Å². The molecule has 0 aliphatic heterocycles. The number of carbonyl (C=O) groups is 1. The Morgan fingerprint density at radius 2 is 2.50 bits per heavy atom. The van der Waals surface area contributed by atoms with E-state index in [1.165, 1.54) is 0 Å². The fourth-order valence-corrected chi connectivity index (χ4v) is 2.01. The molecule has 0 radical (unpaired) electrons. The quantitative estimate of drug-likeness (QED) is 0.807. The summed E-state index contributed by atoms with van der Waals surface area (Å²) in [6.07, 6.45) is 3.31. The van der Waals surface area contributed by atoms with Crippen LogP contribution in [-0.4, -0.2) is 16.3 Å². The van der Waals surface area contributed by atoms with Crippen LogP contribution in [0.1, 0.15) is 5.76 Å². The topological polar surface area (TPSA) is 57.3 Å². The summed E-state index contributed by atoms with van der Waals surface area (Å²) in [4.78, 5) is 10.0. The Labute approximate surface area is 100 Å². The summed E-state index contributed by atoms with van der Waals surface area (Å²) in [6, 6.07) is 1.81. The molecule has 0 unspecified atom stereocenters. The molecule has 16 heavy (non-hydrogen) atoms. The summed E-state index contributed by atoms with van der Waals surface area (Å²) in [5, 5.41) is 4.10. The Morgan fingerprint density at radius 1 is 1.69 bits per heavy atom. The number of aryl methyl sites for hydroxylation is 1. The summed E-state index contributed by atoms with van der Waals surface area (Å²) < 4.78 is 12.5. The van der Waals surface area contributed by atoms with Crippen LogP contribution in [0.5, 0.6) is 0 Å². The highest BCUT2D eigenvalue weighted by atomic mass is 79.9. The van der Waals surface area contributed by atoms with Gasteiger partial charge in [0.15, 0.2) is 0 Å². The fraction of sp³-hybridized carbons (Fsp3) is 0.200. The maximum Gasteiger partial charge on any atom is 0.293 e. The van der Waals surface area contributed by atoms with Crippen LogP contribution in [0.25, 0.3) is 11.3 Å². The third-order valence-corrected chi connectivity index (χ3v) is 2.70. The highest BCUT2D eigenvalue weighted by Gasteiger charge is 2.12. The van der Waals surface area contributed by atoms with Gasteiger partial charge in [-0.2, -0.15) is 5.10 Å². The summed E-state index contributed by atoms with van der Waals surface area (Å²) in [5.74, 6) is 0.593. The minimum absolute atomic E-state index is 0.138. The van der Waals surface area contributed by atoms with E-state index in [0.717, 1.165) is 15.7 Å². The van der Waals surface area contributed by atoms with E-state index in [1.54, 1.807) is 17.1 Å². The Bertz CT molecular complexity index is 484. The molecule has 0 amide bonds. The van der Waals surface area contributed by atoms with E-state index in [9.17, 15) is 4.79 Å². The zero-order valence-corrected chi connectivity index (χ0v) is 10.1. The van der Waals surface area contributed by atoms with Crippen LogP contribution >= 0.6 is 15.9 Å². The molecule has 0 N–H and O–H groups in total. The van der Waals surface area contributed by atoms with E-state index in [1.807, 2.05) is 13.1 Å². The zero-order valence-electron chi connectivity index (χ0n) is 8.51. The number of carbonyl (C=O) groups excluding carboxylic acids is 1. The van der Waals surface area contributed by atoms with Crippen molar-refractivity contribution in [3.8, 4) is 11.3 Å². The lowest BCUT2D eigenvalue weighted by Gasteiger charge is -1.97. The SMILES string of the molecule is Cn1ncc(Br)c1-c1coc(COC=O)c1. The molecule has 2 rings (SSSR count). The molecule has 0 saturated carbocycles. The average Bonchev–Trinajstić information content (AvgIpc) is 2.83. The number of hydrogen-bond donors (Lipinski definition) is 0. The van der Waals surface area contributed by atoms with Gasteiger partial charge in [-0.25, -0.2) is 0 Å². The van der Waals surface area contributed by atoms with Gasteiger partial charge in [-0.05, 0) is 22.0 Å². The maximum absolute atomic E-state index is 10.0. The molecule has 0 saturated heterocycles. The standard InChI is InChI=1S/C10H9BrN2O3/c1-13-10(9(11)3-12-13)7-2-8(16-4-7)5-15-6-14/h2-4,6H,5H2,1H3. The smallest absolute Gasteiger partial charge is 0.293 e. The molecule has 2 aromatic heterocycles. The van der Waals surface area contributed by atoms with Crippen molar-refractivity contribution in [3.63, 3.8) is 0 Å². The predicted molar refractivity (Wildman–Crippen MR) is 59.5 cm³/mol. The third-order valence-electron chi connectivity index (χ3n) is 2.11. The van der Waals surface area contributed by atoms with Crippen molar-refractivity contribution in [2.45, 2.75) is 6.61 Å². The molecule has 0 fully saturated rings. The molecule has 2 aromatic rings. The van der Waals surface area contributed by atoms with Crippen LogP contribution in [0.4, 0.5) is 0 Å². The average molecular weight is 285 g/mol. The lowest BCUT2D eigenvalue weighted by molar-refractivity contribution is -0.130. The van der Waals surface area contributed by atoms with Gasteiger partial charge in [0.1, 0.15) is 18.6 Å². The molecule has 5 nitrogen and oxygen atoms in total. The normalized spacial score (nSPS) is 10.4. The van der Waals surface area contributed by atoms with Crippen molar-refractivity contribution >= 4 is 22.4 Å². The lowest BCUT2D eigenvalue weighted by Crippen LogP contribution is -1.92. The zero-order chi connectivity index (χ0) is 11.5. The largest absolute Gasteiger partial charge is 0.465 e. The van der Waals surface area contributed by atoms with E-state index in [0.29, 0.717) is 12.2 Å². The monoisotopic (exact) mass is 284 g/mol. The third kappa shape index (κ3) is 2.01. The highest BCUT2D eigenvalue weighted by Crippen LogP contribution is 2.28. The summed E-state index contributed by atoms with van der Waals surface area (Å²) in [5.41, 5.74) is 1.80. The second kappa shape index (κ2) is 4.52. The van der Waals surface area contributed by atoms with Crippen LogP contribution in [0, 0.1) is 0 Å². The van der Waals surface area contributed by atoms with Gasteiger partial charge in [0.2, 0.25) is 0 Å². The highest BCUT2D eigenvalue weighted by molar-refractivity contribution is 9.10. The van der Waals surface area contributed by atoms with Crippen molar-refractivity contribution in [2.24, 2.45) is 7.05 Å². The molecule has 0 aliphatic rings. The molecule has 0 aliphatic carbocycles. The fourth-order valence-electron chi connectivity index (χ4n) is 1.43. The lowest BCUT2D eigenvalue weighted by atomic mass is 10.2. The molecule has 84 valence electrons. The minimum Gasteiger partial charge on any atom is -0.465 e.